The Morgan fingerprint density at radius 1 is 0.893 bits per heavy atom. The van der Waals surface area contributed by atoms with Crippen LogP contribution in [0.4, 0.5) is 0 Å². The van der Waals surface area contributed by atoms with Crippen molar-refractivity contribution < 1.29 is 5.11 Å². The molecule has 0 amide bonds. The molecule has 0 saturated heterocycles. The third-order valence-corrected chi connectivity index (χ3v) is 7.86. The Morgan fingerprint density at radius 2 is 1.54 bits per heavy atom. The van der Waals surface area contributed by atoms with Gasteiger partial charge in [-0.2, -0.15) is 0 Å². The first-order valence-corrected chi connectivity index (χ1v) is 12.5. The van der Waals surface area contributed by atoms with Gasteiger partial charge < -0.3 is 5.11 Å². The second-order valence-electron chi connectivity index (χ2n) is 9.48. The summed E-state index contributed by atoms with van der Waals surface area (Å²) in [6.07, 6.45) is 2.22. The number of rotatable bonds is 6. The number of aromatic hydroxyl groups is 1. The maximum atomic E-state index is 10.6. The minimum Gasteiger partial charge on any atom is -0.508 e. The lowest BCUT2D eigenvalue weighted by molar-refractivity contribution is 0.441. The number of thioether (sulfide) groups is 1. The first-order chi connectivity index (χ1) is 13.0. The Bertz CT molecular complexity index is 813. The Kier molecular flexibility index (Phi) is 7.49. The Morgan fingerprint density at radius 3 is 2.07 bits per heavy atom. The average molecular weight is 413 g/mol. The summed E-state index contributed by atoms with van der Waals surface area (Å²) < 4.78 is 0. The number of benzene rings is 2. The van der Waals surface area contributed by atoms with Crippen LogP contribution in [0.25, 0.3) is 0 Å². The van der Waals surface area contributed by atoms with Crippen LogP contribution in [0.2, 0.25) is 0 Å². The fraction of sp³-hybridized carbons (Fsp3) is 0.520. The standard InChI is InChI=1S/C25H36OSSi/c1-9-17-12-11-13-23(18(17)10-2)28-16-27-22-15-19(24(3,4)5)21(26)14-20(22)25(6,7)8/h11-15,26H,9-10,16H2,1-8H3. The van der Waals surface area contributed by atoms with Crippen molar-refractivity contribution in [3.63, 3.8) is 0 Å². The zero-order valence-electron chi connectivity index (χ0n) is 18.9. The van der Waals surface area contributed by atoms with Crippen LogP contribution in [-0.4, -0.2) is 20.0 Å². The Labute approximate surface area is 179 Å². The molecule has 1 N–H and O–H groups in total. The van der Waals surface area contributed by atoms with E-state index in [-0.39, 0.29) is 10.8 Å². The normalized spacial score (nSPS) is 12.4. The molecular weight excluding hydrogens is 376 g/mol. The number of hydrogen-bond donors (Lipinski definition) is 1. The first-order valence-electron chi connectivity index (χ1n) is 10.3. The molecule has 1 nitrogen and oxygen atoms in total. The number of phenolic OH excluding ortho intramolecular Hbond substituents is 1. The fourth-order valence-electron chi connectivity index (χ4n) is 3.62. The highest BCUT2D eigenvalue weighted by Gasteiger charge is 2.25. The molecule has 2 rings (SSSR count). The molecule has 2 aromatic carbocycles. The van der Waals surface area contributed by atoms with Gasteiger partial charge in [0.15, 0.2) is 0 Å². The molecule has 0 fully saturated rings. The van der Waals surface area contributed by atoms with Crippen LogP contribution in [0.5, 0.6) is 5.75 Å². The van der Waals surface area contributed by atoms with Crippen molar-refractivity contribution in [3.05, 3.63) is 52.6 Å². The van der Waals surface area contributed by atoms with Crippen molar-refractivity contribution in [1.29, 1.82) is 0 Å². The van der Waals surface area contributed by atoms with Crippen molar-refractivity contribution in [2.45, 2.75) is 84.0 Å². The molecule has 0 aliphatic carbocycles. The molecule has 0 spiro atoms. The van der Waals surface area contributed by atoms with Gasteiger partial charge in [0.25, 0.3) is 0 Å². The van der Waals surface area contributed by atoms with Crippen LogP contribution in [0, 0.1) is 0 Å². The summed E-state index contributed by atoms with van der Waals surface area (Å²) in [5, 5.41) is 13.2. The van der Waals surface area contributed by atoms with Crippen LogP contribution in [-0.2, 0) is 23.7 Å². The molecule has 0 atom stereocenters. The van der Waals surface area contributed by atoms with Crippen LogP contribution in [0.1, 0.15) is 77.6 Å². The molecule has 0 aliphatic rings. The van der Waals surface area contributed by atoms with Crippen LogP contribution < -0.4 is 5.19 Å². The maximum absolute atomic E-state index is 10.6. The smallest absolute Gasteiger partial charge is 0.119 e. The predicted octanol–water partition coefficient (Wildman–Crippen LogP) is 6.19. The third kappa shape index (κ3) is 5.45. The summed E-state index contributed by atoms with van der Waals surface area (Å²) in [6.45, 7) is 17.7. The van der Waals surface area contributed by atoms with Crippen molar-refractivity contribution in [3.8, 4) is 5.75 Å². The molecular formula is C25H36OSSi. The maximum Gasteiger partial charge on any atom is 0.119 e. The van der Waals surface area contributed by atoms with Gasteiger partial charge >= 0.3 is 0 Å². The van der Waals surface area contributed by atoms with Gasteiger partial charge in [-0.3, -0.25) is 0 Å². The molecule has 0 bridgehead atoms. The summed E-state index contributed by atoms with van der Waals surface area (Å²) in [6, 6.07) is 11.0. The van der Waals surface area contributed by atoms with Crippen LogP contribution >= 0.6 is 11.8 Å². The van der Waals surface area contributed by atoms with E-state index in [1.807, 2.05) is 17.8 Å². The van der Waals surface area contributed by atoms with Gasteiger partial charge in [-0.25, -0.2) is 0 Å². The van der Waals surface area contributed by atoms with Crippen molar-refractivity contribution in [1.82, 2.24) is 0 Å². The average Bonchev–Trinajstić information content (AvgIpc) is 2.60. The highest BCUT2D eigenvalue weighted by Crippen LogP contribution is 2.40. The zero-order chi connectivity index (χ0) is 21.1. The van der Waals surface area contributed by atoms with Crippen LogP contribution in [0.3, 0.4) is 0 Å². The highest BCUT2D eigenvalue weighted by molar-refractivity contribution is 8.00. The van der Waals surface area contributed by atoms with Gasteiger partial charge in [0, 0.05) is 10.5 Å². The molecule has 3 heteroatoms. The lowest BCUT2D eigenvalue weighted by Crippen LogP contribution is -2.23. The molecule has 0 saturated carbocycles. The molecule has 0 heterocycles. The summed E-state index contributed by atoms with van der Waals surface area (Å²) in [7, 11) is 0.796. The van der Waals surface area contributed by atoms with E-state index in [1.165, 1.54) is 21.2 Å². The van der Waals surface area contributed by atoms with Gasteiger partial charge in [-0.1, -0.05) is 78.8 Å². The number of hydrogen-bond acceptors (Lipinski definition) is 2. The summed E-state index contributed by atoms with van der Waals surface area (Å²) in [5.74, 6) is 0.424. The van der Waals surface area contributed by atoms with E-state index in [9.17, 15) is 5.11 Å². The molecule has 0 aliphatic heterocycles. The van der Waals surface area contributed by atoms with E-state index in [4.69, 9.17) is 0 Å². The Balaban J connectivity index is 2.31. The van der Waals surface area contributed by atoms with E-state index >= 15 is 0 Å². The van der Waals surface area contributed by atoms with Gasteiger partial charge in [0.1, 0.15) is 5.75 Å². The minimum absolute atomic E-state index is 0.00997. The predicted molar refractivity (Wildman–Crippen MR) is 127 cm³/mol. The van der Waals surface area contributed by atoms with E-state index in [0.29, 0.717) is 5.75 Å². The van der Waals surface area contributed by atoms with E-state index in [2.05, 4.69) is 79.7 Å². The van der Waals surface area contributed by atoms with E-state index < -0.39 is 0 Å². The van der Waals surface area contributed by atoms with Crippen LogP contribution in [0.15, 0.2) is 35.2 Å². The van der Waals surface area contributed by atoms with Gasteiger partial charge in [-0.15, -0.1) is 11.8 Å². The summed E-state index contributed by atoms with van der Waals surface area (Å²) in [4.78, 5) is 1.31. The second kappa shape index (κ2) is 9.09. The van der Waals surface area contributed by atoms with E-state index in [0.717, 1.165) is 33.3 Å². The molecule has 152 valence electrons. The SMILES string of the molecule is CCc1cccc([Si]CSc2cc(C(C)(C)C)c(O)cc2C(C)(C)C)c1CC. The second-order valence-corrected chi connectivity index (χ2v) is 12.3. The topological polar surface area (TPSA) is 20.2 Å². The molecule has 2 radical (unpaired) electrons. The van der Waals surface area contributed by atoms with Gasteiger partial charge in [0.05, 0.1) is 9.52 Å². The van der Waals surface area contributed by atoms with E-state index in [1.54, 1.807) is 5.56 Å². The zero-order valence-corrected chi connectivity index (χ0v) is 20.7. The molecule has 28 heavy (non-hydrogen) atoms. The quantitative estimate of drug-likeness (QED) is 0.451. The van der Waals surface area contributed by atoms with Crippen molar-refractivity contribution in [2.24, 2.45) is 0 Å². The van der Waals surface area contributed by atoms with Gasteiger partial charge in [0.2, 0.25) is 0 Å². The summed E-state index contributed by atoms with van der Waals surface area (Å²) in [5.41, 5.74) is 5.26. The van der Waals surface area contributed by atoms with Gasteiger partial charge in [-0.05, 0) is 57.9 Å². The minimum atomic E-state index is -0.0665. The number of aryl methyl sites for hydroxylation is 1. The largest absolute Gasteiger partial charge is 0.508 e. The lowest BCUT2D eigenvalue weighted by atomic mass is 9.81. The molecule has 0 unspecified atom stereocenters. The monoisotopic (exact) mass is 412 g/mol. The van der Waals surface area contributed by atoms with Crippen molar-refractivity contribution >= 4 is 26.5 Å². The Hall–Kier alpha value is -1.19. The summed E-state index contributed by atoms with van der Waals surface area (Å²) >= 11 is 1.94. The third-order valence-electron chi connectivity index (χ3n) is 5.21. The fourth-order valence-corrected chi connectivity index (χ4v) is 6.63. The molecule has 0 aromatic heterocycles. The highest BCUT2D eigenvalue weighted by atomic mass is 32.2. The first kappa shape index (κ1) is 23.1. The molecule has 2 aromatic rings. The van der Waals surface area contributed by atoms with Crippen molar-refractivity contribution in [2.75, 3.05) is 5.38 Å². The number of phenols is 1. The lowest BCUT2D eigenvalue weighted by Gasteiger charge is -2.27.